The molecule has 26 heavy (non-hydrogen) atoms. The maximum atomic E-state index is 6.37. The van der Waals surface area contributed by atoms with Gasteiger partial charge in [-0.3, -0.25) is 0 Å². The van der Waals surface area contributed by atoms with Gasteiger partial charge in [-0.15, -0.1) is 5.19 Å². The first-order valence-corrected chi connectivity index (χ1v) is 13.2. The second kappa shape index (κ2) is 11.1. The first-order chi connectivity index (χ1) is 11.0. The van der Waals surface area contributed by atoms with Crippen LogP contribution in [0.4, 0.5) is 0 Å². The van der Waals surface area contributed by atoms with E-state index >= 15 is 0 Å². The van der Waals surface area contributed by atoms with Crippen molar-refractivity contribution in [1.82, 2.24) is 0 Å². The third kappa shape index (κ3) is 6.39. The Morgan fingerprint density at radius 1 is 0.731 bits per heavy atom. The predicted octanol–water partition coefficient (Wildman–Crippen LogP) is -3.13. The molecule has 0 spiro atoms. The van der Waals surface area contributed by atoms with E-state index in [-0.39, 0.29) is 42.2 Å². The fraction of sp³-hybridized carbons (Fsp3) is 0.150. The van der Waals surface area contributed by atoms with E-state index in [9.17, 15) is 0 Å². The van der Waals surface area contributed by atoms with Crippen LogP contribution in [0.3, 0.4) is 0 Å². The molecular formula is C20H23Cl2CrOSi2. The number of halogens is 2. The van der Waals surface area contributed by atoms with E-state index in [0.717, 1.165) is 5.75 Å². The van der Waals surface area contributed by atoms with Crippen LogP contribution in [0.2, 0.25) is 19.6 Å². The molecular weight excluding hydrogens is 435 g/mol. The number of benzene rings is 2. The van der Waals surface area contributed by atoms with Gasteiger partial charge in [0.1, 0.15) is 0 Å². The molecule has 0 aliphatic rings. The van der Waals surface area contributed by atoms with Gasteiger partial charge in [-0.25, -0.2) is 6.07 Å². The van der Waals surface area contributed by atoms with E-state index in [2.05, 4.69) is 98.5 Å². The zero-order valence-electron chi connectivity index (χ0n) is 15.2. The van der Waals surface area contributed by atoms with Crippen molar-refractivity contribution in [2.45, 2.75) is 19.6 Å². The molecule has 137 valence electrons. The van der Waals surface area contributed by atoms with E-state index in [0.29, 0.717) is 0 Å². The molecule has 0 aliphatic heterocycles. The van der Waals surface area contributed by atoms with Crippen LogP contribution in [-0.2, 0) is 17.4 Å². The van der Waals surface area contributed by atoms with Crippen LogP contribution >= 0.6 is 0 Å². The summed E-state index contributed by atoms with van der Waals surface area (Å²) in [4.78, 5) is 0. The van der Waals surface area contributed by atoms with Gasteiger partial charge < -0.3 is 29.2 Å². The average molecular weight is 458 g/mol. The Morgan fingerprint density at radius 2 is 1.19 bits per heavy atom. The molecule has 6 heteroatoms. The van der Waals surface area contributed by atoms with Gasteiger partial charge in [0.2, 0.25) is 8.32 Å². The van der Waals surface area contributed by atoms with Crippen molar-refractivity contribution in [1.29, 1.82) is 0 Å². The molecule has 0 aliphatic carbocycles. The Bertz CT molecular complexity index is 719. The van der Waals surface area contributed by atoms with Crippen LogP contribution in [0.15, 0.2) is 78.9 Å². The Kier molecular flexibility index (Phi) is 10.7. The maximum absolute atomic E-state index is 6.37. The fourth-order valence-corrected chi connectivity index (χ4v) is 6.95. The molecule has 0 unspecified atom stereocenters. The summed E-state index contributed by atoms with van der Waals surface area (Å²) in [6, 6.07) is 28.3. The van der Waals surface area contributed by atoms with Crippen LogP contribution in [0, 0.1) is 0 Å². The largest absolute Gasteiger partial charge is 3.00 e. The van der Waals surface area contributed by atoms with E-state index in [1.54, 1.807) is 0 Å². The standard InChI is InChI=1S/C20H23OSi2.2ClH.Cr/c1-23(2,3)21-19-15-10-16-20(19)22(17-11-6-4-7-12-17)18-13-8-5-9-14-18;;;/h4-16,22H,1-3H3;2*1H;/q-1;;;+3/p-2. The minimum absolute atomic E-state index is 0. The summed E-state index contributed by atoms with van der Waals surface area (Å²) in [6.07, 6.45) is 0. The Balaban J connectivity index is 0.00000208. The second-order valence-electron chi connectivity index (χ2n) is 6.81. The van der Waals surface area contributed by atoms with Crippen LogP contribution < -0.4 is 44.8 Å². The summed E-state index contributed by atoms with van der Waals surface area (Å²) >= 11 is 0. The quantitative estimate of drug-likeness (QED) is 0.291. The maximum Gasteiger partial charge on any atom is 3.00 e. The van der Waals surface area contributed by atoms with Crippen molar-refractivity contribution >= 4 is 32.7 Å². The van der Waals surface area contributed by atoms with E-state index in [1.807, 2.05) is 0 Å². The molecule has 0 bridgehead atoms. The summed E-state index contributed by atoms with van der Waals surface area (Å²) in [5.41, 5.74) is 0. The van der Waals surface area contributed by atoms with Gasteiger partial charge in [0.15, 0.2) is 0 Å². The Labute approximate surface area is 182 Å². The molecule has 0 atom stereocenters. The smallest absolute Gasteiger partial charge is 1.00 e. The summed E-state index contributed by atoms with van der Waals surface area (Å²) in [6.45, 7) is 6.72. The van der Waals surface area contributed by atoms with Crippen molar-refractivity contribution < 1.29 is 46.6 Å². The number of hydrogen-bond acceptors (Lipinski definition) is 1. The minimum Gasteiger partial charge on any atom is -1.00 e. The summed E-state index contributed by atoms with van der Waals surface area (Å²) in [5, 5.41) is 4.26. The number of hydrogen-bond donors (Lipinski definition) is 0. The number of rotatable bonds is 5. The molecule has 0 heterocycles. The third-order valence-corrected chi connectivity index (χ3v) is 7.84. The zero-order valence-corrected chi connectivity index (χ0v) is 20.1. The molecule has 0 N–H and O–H groups in total. The monoisotopic (exact) mass is 457 g/mol. The van der Waals surface area contributed by atoms with Gasteiger partial charge in [-0.2, -0.15) is 12.1 Å². The first kappa shape index (κ1) is 25.1. The molecule has 0 fully saturated rings. The van der Waals surface area contributed by atoms with E-state index in [1.165, 1.54) is 15.6 Å². The zero-order chi connectivity index (χ0) is 16.3. The average Bonchev–Trinajstić information content (AvgIpc) is 2.96. The molecule has 0 saturated carbocycles. The Morgan fingerprint density at radius 3 is 1.62 bits per heavy atom. The fourth-order valence-electron chi connectivity index (χ4n) is 2.92. The van der Waals surface area contributed by atoms with E-state index < -0.39 is 17.1 Å². The molecule has 0 aromatic heterocycles. The van der Waals surface area contributed by atoms with Crippen LogP contribution in [0.25, 0.3) is 0 Å². The van der Waals surface area contributed by atoms with Gasteiger partial charge in [-0.1, -0.05) is 71.0 Å². The van der Waals surface area contributed by atoms with Gasteiger partial charge >= 0.3 is 17.4 Å². The topological polar surface area (TPSA) is 9.23 Å². The normalized spacial score (nSPS) is 10.3. The Hall–Kier alpha value is -0.864. The van der Waals surface area contributed by atoms with E-state index in [4.69, 9.17) is 4.43 Å². The molecule has 3 aromatic rings. The van der Waals surface area contributed by atoms with Gasteiger partial charge in [0.25, 0.3) is 0 Å². The second-order valence-corrected chi connectivity index (χ2v) is 14.1. The minimum atomic E-state index is -1.62. The van der Waals surface area contributed by atoms with Crippen LogP contribution in [0.1, 0.15) is 0 Å². The molecule has 0 saturated heterocycles. The summed E-state index contributed by atoms with van der Waals surface area (Å²) in [5.74, 6) is 1.09. The van der Waals surface area contributed by atoms with Gasteiger partial charge in [0.05, 0.1) is 8.80 Å². The molecule has 0 amide bonds. The summed E-state index contributed by atoms with van der Waals surface area (Å²) < 4.78 is 6.37. The van der Waals surface area contributed by atoms with Crippen molar-refractivity contribution in [2.24, 2.45) is 0 Å². The first-order valence-electron chi connectivity index (χ1n) is 8.09. The van der Waals surface area contributed by atoms with Gasteiger partial charge in [0, 0.05) is 0 Å². The van der Waals surface area contributed by atoms with Crippen molar-refractivity contribution in [3.8, 4) is 5.75 Å². The molecule has 3 rings (SSSR count). The molecule has 1 radical (unpaired) electrons. The summed E-state index contributed by atoms with van der Waals surface area (Å²) in [7, 11) is -3.11. The van der Waals surface area contributed by atoms with Crippen LogP contribution in [-0.4, -0.2) is 17.1 Å². The predicted molar refractivity (Wildman–Crippen MR) is 105 cm³/mol. The van der Waals surface area contributed by atoms with Crippen molar-refractivity contribution in [2.75, 3.05) is 0 Å². The van der Waals surface area contributed by atoms with Crippen LogP contribution in [0.5, 0.6) is 5.75 Å². The SMILES string of the molecule is C[Si](C)(C)Oc1ccc[c-]1[SiH](c1ccccc1)c1ccccc1.[Cl-].[Cl-].[Cr+3]. The molecule has 1 nitrogen and oxygen atoms in total. The van der Waals surface area contributed by atoms with Crippen molar-refractivity contribution in [3.05, 3.63) is 78.9 Å². The third-order valence-electron chi connectivity index (χ3n) is 3.80. The van der Waals surface area contributed by atoms with Gasteiger partial charge in [-0.05, 0) is 25.4 Å². The molecule has 3 aromatic carbocycles. The van der Waals surface area contributed by atoms with Crippen molar-refractivity contribution in [3.63, 3.8) is 0 Å².